The fraction of sp³-hybridized carbons (Fsp3) is 0.280. The zero-order chi connectivity index (χ0) is 21.8. The number of para-hydroxylation sites is 1. The molecule has 4 rings (SSSR count). The van der Waals surface area contributed by atoms with Crippen molar-refractivity contribution in [2.24, 2.45) is 0 Å². The Labute approximate surface area is 182 Å². The number of benzene rings is 2. The second kappa shape index (κ2) is 9.08. The van der Waals surface area contributed by atoms with Crippen molar-refractivity contribution in [2.75, 3.05) is 20.3 Å². The number of amides is 1. The first-order valence-electron chi connectivity index (χ1n) is 10.5. The Bertz CT molecular complexity index is 1100. The first kappa shape index (κ1) is 20.7. The van der Waals surface area contributed by atoms with Crippen molar-refractivity contribution in [1.82, 2.24) is 14.7 Å². The Kier molecular flexibility index (Phi) is 6.07. The number of rotatable bonds is 5. The van der Waals surface area contributed by atoms with Crippen LogP contribution in [0, 0.1) is 13.8 Å². The molecule has 160 valence electrons. The Balaban J connectivity index is 1.46. The molecule has 31 heavy (non-hydrogen) atoms. The molecule has 0 atom stereocenters. The number of carbonyl (C=O) groups is 1. The summed E-state index contributed by atoms with van der Waals surface area (Å²) in [6.07, 6.45) is 4.26. The van der Waals surface area contributed by atoms with Gasteiger partial charge in [-0.3, -0.25) is 4.79 Å². The molecule has 1 aromatic heterocycles. The highest BCUT2D eigenvalue weighted by atomic mass is 16.5. The van der Waals surface area contributed by atoms with Crippen LogP contribution in [0.25, 0.3) is 11.8 Å². The number of carbonyl (C=O) groups excluding carboxylic acids is 1. The molecule has 0 spiro atoms. The minimum Gasteiger partial charge on any atom is -0.490 e. The van der Waals surface area contributed by atoms with Crippen LogP contribution in [-0.4, -0.2) is 40.8 Å². The molecule has 2 aromatic carbocycles. The van der Waals surface area contributed by atoms with Crippen LogP contribution in [0.4, 0.5) is 0 Å². The average molecular weight is 418 g/mol. The number of ether oxygens (including phenoxy) is 2. The van der Waals surface area contributed by atoms with E-state index in [1.54, 1.807) is 24.1 Å². The van der Waals surface area contributed by atoms with Crippen LogP contribution < -0.4 is 9.47 Å². The van der Waals surface area contributed by atoms with Crippen molar-refractivity contribution >= 4 is 12.0 Å². The molecule has 0 radical (unpaired) electrons. The van der Waals surface area contributed by atoms with Crippen LogP contribution in [0.1, 0.15) is 28.9 Å². The standard InChI is InChI=1S/C25H27N3O3/c1-18-22(19(2)28(26-18)21-8-5-4-6-9-21)17-27(3)25(29)13-11-20-10-12-23-24(16-20)31-15-7-14-30-23/h4-6,8-13,16H,7,14-15,17H2,1-3H3/b13-11+. The molecule has 1 aliphatic heterocycles. The maximum Gasteiger partial charge on any atom is 0.246 e. The van der Waals surface area contributed by atoms with Gasteiger partial charge in [0, 0.05) is 37.3 Å². The number of aromatic nitrogens is 2. The summed E-state index contributed by atoms with van der Waals surface area (Å²) in [5.41, 5.74) is 4.93. The Morgan fingerprint density at radius 3 is 2.61 bits per heavy atom. The molecule has 0 saturated heterocycles. The second-order valence-corrected chi connectivity index (χ2v) is 7.68. The van der Waals surface area contributed by atoms with Gasteiger partial charge in [-0.05, 0) is 49.8 Å². The van der Waals surface area contributed by atoms with E-state index < -0.39 is 0 Å². The third-order valence-electron chi connectivity index (χ3n) is 5.40. The highest BCUT2D eigenvalue weighted by Crippen LogP contribution is 2.30. The normalized spacial score (nSPS) is 13.3. The quantitative estimate of drug-likeness (QED) is 0.580. The number of hydrogen-bond acceptors (Lipinski definition) is 4. The van der Waals surface area contributed by atoms with Crippen molar-refractivity contribution in [3.8, 4) is 17.2 Å². The smallest absolute Gasteiger partial charge is 0.246 e. The van der Waals surface area contributed by atoms with E-state index in [-0.39, 0.29) is 5.91 Å². The van der Waals surface area contributed by atoms with Crippen molar-refractivity contribution in [2.45, 2.75) is 26.8 Å². The molecule has 6 heteroatoms. The number of fused-ring (bicyclic) bond motifs is 1. The minimum atomic E-state index is -0.0710. The van der Waals surface area contributed by atoms with Gasteiger partial charge in [-0.25, -0.2) is 4.68 Å². The van der Waals surface area contributed by atoms with E-state index in [1.165, 1.54) is 0 Å². The zero-order valence-electron chi connectivity index (χ0n) is 18.2. The van der Waals surface area contributed by atoms with Crippen LogP contribution in [0.5, 0.6) is 11.5 Å². The molecular formula is C25H27N3O3. The van der Waals surface area contributed by atoms with Crippen molar-refractivity contribution in [3.05, 3.63) is 77.1 Å². The Morgan fingerprint density at radius 1 is 1.10 bits per heavy atom. The van der Waals surface area contributed by atoms with Gasteiger partial charge in [0.2, 0.25) is 5.91 Å². The van der Waals surface area contributed by atoms with Gasteiger partial charge in [-0.2, -0.15) is 5.10 Å². The monoisotopic (exact) mass is 417 g/mol. The molecule has 0 saturated carbocycles. The lowest BCUT2D eigenvalue weighted by Crippen LogP contribution is -2.24. The molecule has 1 amide bonds. The lowest BCUT2D eigenvalue weighted by Gasteiger charge is -2.15. The van der Waals surface area contributed by atoms with Crippen LogP contribution in [0.3, 0.4) is 0 Å². The van der Waals surface area contributed by atoms with Crippen LogP contribution in [0.2, 0.25) is 0 Å². The first-order valence-corrected chi connectivity index (χ1v) is 10.5. The summed E-state index contributed by atoms with van der Waals surface area (Å²) < 4.78 is 13.3. The van der Waals surface area contributed by atoms with E-state index in [2.05, 4.69) is 5.10 Å². The van der Waals surface area contributed by atoms with E-state index in [9.17, 15) is 4.79 Å². The number of aryl methyl sites for hydroxylation is 1. The van der Waals surface area contributed by atoms with Gasteiger partial charge in [0.25, 0.3) is 0 Å². The number of likely N-dealkylation sites (N-methyl/N-ethyl adjacent to an activating group) is 1. The van der Waals surface area contributed by atoms with Gasteiger partial charge in [0.05, 0.1) is 24.6 Å². The van der Waals surface area contributed by atoms with E-state index in [1.807, 2.05) is 67.1 Å². The molecule has 6 nitrogen and oxygen atoms in total. The minimum absolute atomic E-state index is 0.0710. The van der Waals surface area contributed by atoms with Crippen molar-refractivity contribution in [1.29, 1.82) is 0 Å². The number of nitrogens with zero attached hydrogens (tertiary/aromatic N) is 3. The van der Waals surface area contributed by atoms with Gasteiger partial charge in [-0.1, -0.05) is 24.3 Å². The molecule has 3 aromatic rings. The second-order valence-electron chi connectivity index (χ2n) is 7.68. The van der Waals surface area contributed by atoms with Gasteiger partial charge in [-0.15, -0.1) is 0 Å². The topological polar surface area (TPSA) is 56.6 Å². The molecule has 2 heterocycles. The predicted octanol–water partition coefficient (Wildman–Crippen LogP) is 4.32. The number of hydrogen-bond donors (Lipinski definition) is 0. The lowest BCUT2D eigenvalue weighted by molar-refractivity contribution is -0.125. The lowest BCUT2D eigenvalue weighted by atomic mass is 10.1. The predicted molar refractivity (Wildman–Crippen MR) is 121 cm³/mol. The summed E-state index contributed by atoms with van der Waals surface area (Å²) in [7, 11) is 1.80. The molecule has 0 unspecified atom stereocenters. The Morgan fingerprint density at radius 2 is 1.84 bits per heavy atom. The fourth-order valence-electron chi connectivity index (χ4n) is 3.62. The highest BCUT2D eigenvalue weighted by molar-refractivity contribution is 5.91. The first-order chi connectivity index (χ1) is 15.0. The molecule has 0 bridgehead atoms. The van der Waals surface area contributed by atoms with E-state index >= 15 is 0 Å². The summed E-state index contributed by atoms with van der Waals surface area (Å²) in [4.78, 5) is 14.4. The summed E-state index contributed by atoms with van der Waals surface area (Å²) >= 11 is 0. The zero-order valence-corrected chi connectivity index (χ0v) is 18.2. The summed E-state index contributed by atoms with van der Waals surface area (Å²) in [6, 6.07) is 15.7. The summed E-state index contributed by atoms with van der Waals surface area (Å²) in [5, 5.41) is 4.67. The van der Waals surface area contributed by atoms with Gasteiger partial charge in [0.1, 0.15) is 0 Å². The van der Waals surface area contributed by atoms with E-state index in [4.69, 9.17) is 9.47 Å². The largest absolute Gasteiger partial charge is 0.490 e. The van der Waals surface area contributed by atoms with Crippen LogP contribution in [0.15, 0.2) is 54.6 Å². The SMILES string of the molecule is Cc1nn(-c2ccccc2)c(C)c1CN(C)C(=O)/C=C/c1ccc2c(c1)OCCCO2. The van der Waals surface area contributed by atoms with Crippen LogP contribution in [-0.2, 0) is 11.3 Å². The summed E-state index contributed by atoms with van der Waals surface area (Å²) in [5.74, 6) is 1.40. The molecule has 0 N–H and O–H groups in total. The fourth-order valence-corrected chi connectivity index (χ4v) is 3.62. The van der Waals surface area contributed by atoms with Crippen molar-refractivity contribution in [3.63, 3.8) is 0 Å². The van der Waals surface area contributed by atoms with E-state index in [0.717, 1.165) is 46.1 Å². The third kappa shape index (κ3) is 4.63. The average Bonchev–Trinajstić information content (AvgIpc) is 2.95. The maximum absolute atomic E-state index is 12.7. The molecule has 1 aliphatic rings. The highest BCUT2D eigenvalue weighted by Gasteiger charge is 2.16. The van der Waals surface area contributed by atoms with Crippen molar-refractivity contribution < 1.29 is 14.3 Å². The van der Waals surface area contributed by atoms with Gasteiger partial charge in [0.15, 0.2) is 11.5 Å². The van der Waals surface area contributed by atoms with E-state index in [0.29, 0.717) is 19.8 Å². The van der Waals surface area contributed by atoms with Gasteiger partial charge < -0.3 is 14.4 Å². The molecule has 0 aliphatic carbocycles. The Hall–Kier alpha value is -3.54. The molecule has 0 fully saturated rings. The maximum atomic E-state index is 12.7. The summed E-state index contributed by atoms with van der Waals surface area (Å²) in [6.45, 7) is 5.80. The van der Waals surface area contributed by atoms with Crippen LogP contribution >= 0.6 is 0 Å². The third-order valence-corrected chi connectivity index (χ3v) is 5.40. The van der Waals surface area contributed by atoms with Gasteiger partial charge >= 0.3 is 0 Å². The molecular weight excluding hydrogens is 390 g/mol.